The number of carbonyl (C=O) groups is 3. The van der Waals surface area contributed by atoms with Crippen molar-refractivity contribution in [2.24, 2.45) is 7.05 Å². The number of urea groups is 1. The SMILES string of the molecule is Cn1cc(CNC(=O)NC(=O)COCC(=O)O)cn1. The zero-order valence-electron chi connectivity index (χ0n) is 10.3. The van der Waals surface area contributed by atoms with Crippen molar-refractivity contribution < 1.29 is 24.2 Å². The van der Waals surface area contributed by atoms with Gasteiger partial charge in [0, 0.05) is 25.4 Å². The van der Waals surface area contributed by atoms with Gasteiger partial charge in [0.25, 0.3) is 5.91 Å². The molecule has 0 atom stereocenters. The van der Waals surface area contributed by atoms with Gasteiger partial charge in [-0.25, -0.2) is 9.59 Å². The third kappa shape index (κ3) is 6.17. The Morgan fingerprint density at radius 2 is 2.16 bits per heavy atom. The molecule has 0 aromatic carbocycles. The number of imide groups is 1. The summed E-state index contributed by atoms with van der Waals surface area (Å²) >= 11 is 0. The number of hydrogen-bond acceptors (Lipinski definition) is 5. The zero-order chi connectivity index (χ0) is 14.3. The number of nitrogens with zero attached hydrogens (tertiary/aromatic N) is 2. The molecule has 19 heavy (non-hydrogen) atoms. The van der Waals surface area contributed by atoms with Crippen LogP contribution in [-0.2, 0) is 27.9 Å². The largest absolute Gasteiger partial charge is 0.480 e. The number of nitrogens with one attached hydrogen (secondary N) is 2. The van der Waals surface area contributed by atoms with Crippen LogP contribution in [0.1, 0.15) is 5.56 Å². The van der Waals surface area contributed by atoms with E-state index in [-0.39, 0.29) is 6.54 Å². The predicted molar refractivity (Wildman–Crippen MR) is 62.0 cm³/mol. The number of amides is 3. The van der Waals surface area contributed by atoms with E-state index >= 15 is 0 Å². The monoisotopic (exact) mass is 270 g/mol. The van der Waals surface area contributed by atoms with E-state index in [1.54, 1.807) is 24.1 Å². The number of aryl methyl sites for hydroxylation is 1. The summed E-state index contributed by atoms with van der Waals surface area (Å²) in [6.07, 6.45) is 3.30. The van der Waals surface area contributed by atoms with Gasteiger partial charge in [0.05, 0.1) is 6.20 Å². The molecule has 0 aliphatic carbocycles. The molecule has 9 nitrogen and oxygen atoms in total. The van der Waals surface area contributed by atoms with Gasteiger partial charge >= 0.3 is 12.0 Å². The Labute approximate surface area is 108 Å². The standard InChI is InChI=1S/C10H14N4O5/c1-14-4-7(3-12-14)2-11-10(18)13-8(15)5-19-6-9(16)17/h3-4H,2,5-6H2,1H3,(H,16,17)(H2,11,13,15,18). The molecule has 104 valence electrons. The second-order valence-electron chi connectivity index (χ2n) is 3.64. The number of hydrogen-bond donors (Lipinski definition) is 3. The van der Waals surface area contributed by atoms with Gasteiger partial charge < -0.3 is 15.2 Å². The van der Waals surface area contributed by atoms with Gasteiger partial charge in [0.2, 0.25) is 0 Å². The minimum Gasteiger partial charge on any atom is -0.480 e. The van der Waals surface area contributed by atoms with Crippen molar-refractivity contribution in [2.45, 2.75) is 6.54 Å². The fourth-order valence-electron chi connectivity index (χ4n) is 1.18. The summed E-state index contributed by atoms with van der Waals surface area (Å²) in [5, 5.41) is 16.6. The molecule has 0 aliphatic rings. The Hall–Kier alpha value is -2.42. The molecule has 0 unspecified atom stereocenters. The van der Waals surface area contributed by atoms with Crippen LogP contribution < -0.4 is 10.6 Å². The molecular formula is C10H14N4O5. The van der Waals surface area contributed by atoms with E-state index in [0.29, 0.717) is 0 Å². The minimum atomic E-state index is -1.19. The number of aromatic nitrogens is 2. The number of ether oxygens (including phenoxy) is 1. The molecule has 1 aromatic heterocycles. The molecule has 3 N–H and O–H groups in total. The van der Waals surface area contributed by atoms with Gasteiger partial charge in [0.1, 0.15) is 13.2 Å². The molecule has 0 bridgehead atoms. The summed E-state index contributed by atoms with van der Waals surface area (Å²) < 4.78 is 6.10. The van der Waals surface area contributed by atoms with Crippen molar-refractivity contribution in [3.8, 4) is 0 Å². The lowest BCUT2D eigenvalue weighted by Crippen LogP contribution is -2.41. The van der Waals surface area contributed by atoms with Gasteiger partial charge in [-0.15, -0.1) is 0 Å². The Morgan fingerprint density at radius 3 is 2.74 bits per heavy atom. The number of carboxylic acid groups (broad SMARTS) is 1. The first-order chi connectivity index (χ1) is 8.97. The third-order valence-electron chi connectivity index (χ3n) is 1.92. The molecule has 3 amide bonds. The molecule has 0 fully saturated rings. The zero-order valence-corrected chi connectivity index (χ0v) is 10.3. The fourth-order valence-corrected chi connectivity index (χ4v) is 1.18. The molecule has 0 spiro atoms. The maximum Gasteiger partial charge on any atom is 0.329 e. The minimum absolute atomic E-state index is 0.225. The summed E-state index contributed by atoms with van der Waals surface area (Å²) in [4.78, 5) is 32.6. The predicted octanol–water partition coefficient (Wildman–Crippen LogP) is -1.15. The fraction of sp³-hybridized carbons (Fsp3) is 0.400. The number of aliphatic carboxylic acids is 1. The molecular weight excluding hydrogens is 256 g/mol. The Morgan fingerprint density at radius 1 is 1.42 bits per heavy atom. The van der Waals surface area contributed by atoms with Crippen LogP contribution in [0.25, 0.3) is 0 Å². The van der Waals surface area contributed by atoms with Crippen molar-refractivity contribution in [1.82, 2.24) is 20.4 Å². The highest BCUT2D eigenvalue weighted by Crippen LogP contribution is 1.94. The number of rotatable bonds is 6. The van der Waals surface area contributed by atoms with Crippen LogP contribution >= 0.6 is 0 Å². The van der Waals surface area contributed by atoms with E-state index in [4.69, 9.17) is 5.11 Å². The molecule has 1 aromatic rings. The van der Waals surface area contributed by atoms with Gasteiger partial charge in [-0.3, -0.25) is 14.8 Å². The topological polar surface area (TPSA) is 123 Å². The van der Waals surface area contributed by atoms with Crippen LogP contribution in [-0.4, -0.2) is 46.0 Å². The molecule has 0 saturated heterocycles. The summed E-state index contributed by atoms with van der Waals surface area (Å²) in [5.41, 5.74) is 0.784. The van der Waals surface area contributed by atoms with Crippen molar-refractivity contribution >= 4 is 17.9 Å². The molecule has 1 heterocycles. The average molecular weight is 270 g/mol. The Kier molecular flexibility index (Phi) is 5.48. The maximum absolute atomic E-state index is 11.3. The summed E-state index contributed by atoms with van der Waals surface area (Å²) in [5.74, 6) is -1.90. The Balaban J connectivity index is 2.19. The summed E-state index contributed by atoms with van der Waals surface area (Å²) in [6.45, 7) is -0.861. The molecule has 0 radical (unpaired) electrons. The number of carboxylic acids is 1. The van der Waals surface area contributed by atoms with Crippen LogP contribution in [0.15, 0.2) is 12.4 Å². The molecule has 0 aliphatic heterocycles. The van der Waals surface area contributed by atoms with Gasteiger partial charge in [-0.2, -0.15) is 5.10 Å². The van der Waals surface area contributed by atoms with Crippen LogP contribution in [0, 0.1) is 0 Å². The van der Waals surface area contributed by atoms with Crippen LogP contribution in [0.4, 0.5) is 4.79 Å². The lowest BCUT2D eigenvalue weighted by molar-refractivity contribution is -0.143. The quantitative estimate of drug-likeness (QED) is 0.599. The second kappa shape index (κ2) is 7.11. The van der Waals surface area contributed by atoms with E-state index in [0.717, 1.165) is 5.56 Å². The van der Waals surface area contributed by atoms with Crippen LogP contribution in [0.3, 0.4) is 0 Å². The molecule has 9 heteroatoms. The van der Waals surface area contributed by atoms with Crippen molar-refractivity contribution in [3.63, 3.8) is 0 Å². The molecule has 1 rings (SSSR count). The lowest BCUT2D eigenvalue weighted by atomic mass is 10.4. The highest BCUT2D eigenvalue weighted by Gasteiger charge is 2.08. The van der Waals surface area contributed by atoms with Crippen LogP contribution in [0.5, 0.6) is 0 Å². The Bertz CT molecular complexity index is 470. The van der Waals surface area contributed by atoms with Crippen LogP contribution in [0.2, 0.25) is 0 Å². The van der Waals surface area contributed by atoms with E-state index in [1.807, 2.05) is 5.32 Å². The van der Waals surface area contributed by atoms with E-state index in [2.05, 4.69) is 15.2 Å². The highest BCUT2D eigenvalue weighted by molar-refractivity contribution is 5.94. The highest BCUT2D eigenvalue weighted by atomic mass is 16.5. The van der Waals surface area contributed by atoms with Gasteiger partial charge in [-0.05, 0) is 0 Å². The van der Waals surface area contributed by atoms with Gasteiger partial charge in [-0.1, -0.05) is 0 Å². The normalized spacial score (nSPS) is 9.95. The van der Waals surface area contributed by atoms with E-state index < -0.39 is 31.1 Å². The first-order valence-corrected chi connectivity index (χ1v) is 5.32. The maximum atomic E-state index is 11.3. The second-order valence-corrected chi connectivity index (χ2v) is 3.64. The van der Waals surface area contributed by atoms with Crippen molar-refractivity contribution in [2.75, 3.05) is 13.2 Å². The van der Waals surface area contributed by atoms with E-state index in [1.165, 1.54) is 0 Å². The summed E-state index contributed by atoms with van der Waals surface area (Å²) in [6, 6.07) is -0.687. The first kappa shape index (κ1) is 14.6. The average Bonchev–Trinajstić information content (AvgIpc) is 2.72. The number of carbonyl (C=O) groups excluding carboxylic acids is 2. The summed E-state index contributed by atoms with van der Waals surface area (Å²) in [7, 11) is 1.74. The third-order valence-corrected chi connectivity index (χ3v) is 1.92. The van der Waals surface area contributed by atoms with Crippen molar-refractivity contribution in [3.05, 3.63) is 18.0 Å². The smallest absolute Gasteiger partial charge is 0.329 e. The lowest BCUT2D eigenvalue weighted by Gasteiger charge is -2.05. The van der Waals surface area contributed by atoms with E-state index in [9.17, 15) is 14.4 Å². The molecule has 0 saturated carbocycles. The van der Waals surface area contributed by atoms with Gasteiger partial charge in [0.15, 0.2) is 0 Å². The first-order valence-electron chi connectivity index (χ1n) is 5.32. The van der Waals surface area contributed by atoms with Crippen molar-refractivity contribution in [1.29, 1.82) is 0 Å².